The van der Waals surface area contributed by atoms with Crippen molar-refractivity contribution in [2.45, 2.75) is 24.3 Å². The van der Waals surface area contributed by atoms with E-state index in [2.05, 4.69) is 11.8 Å². The zero-order chi connectivity index (χ0) is 11.5. The minimum Gasteiger partial charge on any atom is -0.367 e. The van der Waals surface area contributed by atoms with Crippen molar-refractivity contribution in [1.82, 2.24) is 0 Å². The van der Waals surface area contributed by atoms with Crippen molar-refractivity contribution in [2.75, 3.05) is 23.7 Å². The van der Waals surface area contributed by atoms with E-state index in [1.807, 2.05) is 6.07 Å². The molecule has 0 aromatic heterocycles. The lowest BCUT2D eigenvalue weighted by Gasteiger charge is -2.36. The van der Waals surface area contributed by atoms with Crippen LogP contribution in [0, 0.1) is 5.82 Å². The van der Waals surface area contributed by atoms with Gasteiger partial charge in [0.1, 0.15) is 5.82 Å². The van der Waals surface area contributed by atoms with Gasteiger partial charge in [-0.05, 0) is 38.1 Å². The van der Waals surface area contributed by atoms with Gasteiger partial charge in [-0.1, -0.05) is 0 Å². The number of thioether (sulfide) groups is 1. The third-order valence-corrected chi connectivity index (χ3v) is 4.13. The van der Waals surface area contributed by atoms with E-state index in [1.54, 1.807) is 17.8 Å². The highest BCUT2D eigenvalue weighted by molar-refractivity contribution is 7.99. The molecule has 0 saturated carbocycles. The van der Waals surface area contributed by atoms with Gasteiger partial charge >= 0.3 is 0 Å². The van der Waals surface area contributed by atoms with Crippen LogP contribution in [0.4, 0.5) is 10.1 Å². The molecule has 2 nitrogen and oxygen atoms in total. The molecule has 1 aliphatic heterocycles. The predicted molar refractivity (Wildman–Crippen MR) is 67.6 cm³/mol. The fourth-order valence-electron chi connectivity index (χ4n) is 1.98. The van der Waals surface area contributed by atoms with Gasteiger partial charge in [0.15, 0.2) is 0 Å². The van der Waals surface area contributed by atoms with Crippen LogP contribution in [0.3, 0.4) is 0 Å². The van der Waals surface area contributed by atoms with E-state index in [0.717, 1.165) is 29.3 Å². The van der Waals surface area contributed by atoms with Gasteiger partial charge in [-0.3, -0.25) is 0 Å². The molecule has 1 heterocycles. The van der Waals surface area contributed by atoms with Crippen molar-refractivity contribution in [2.24, 2.45) is 5.73 Å². The second kappa shape index (κ2) is 5.06. The van der Waals surface area contributed by atoms with E-state index in [4.69, 9.17) is 5.73 Å². The first-order valence-corrected chi connectivity index (χ1v) is 6.60. The van der Waals surface area contributed by atoms with Crippen LogP contribution < -0.4 is 10.6 Å². The Hall–Kier alpha value is -0.740. The topological polar surface area (TPSA) is 29.3 Å². The molecule has 0 amide bonds. The van der Waals surface area contributed by atoms with Gasteiger partial charge < -0.3 is 10.6 Å². The van der Waals surface area contributed by atoms with Gasteiger partial charge in [-0.2, -0.15) is 0 Å². The molecule has 4 heteroatoms. The Morgan fingerprint density at radius 2 is 2.38 bits per heavy atom. The summed E-state index contributed by atoms with van der Waals surface area (Å²) in [7, 11) is 0. The zero-order valence-corrected chi connectivity index (χ0v) is 10.3. The van der Waals surface area contributed by atoms with Gasteiger partial charge in [0, 0.05) is 23.2 Å². The molecule has 0 aliphatic carbocycles. The molecule has 1 atom stereocenters. The molecular weight excluding hydrogens is 223 g/mol. The number of nitrogens with two attached hydrogens (primary N) is 1. The molecule has 0 radical (unpaired) electrons. The summed E-state index contributed by atoms with van der Waals surface area (Å²) in [6.45, 7) is 3.86. The zero-order valence-electron chi connectivity index (χ0n) is 9.45. The van der Waals surface area contributed by atoms with Crippen LogP contribution in [0.25, 0.3) is 0 Å². The Morgan fingerprint density at radius 3 is 3.12 bits per heavy atom. The molecule has 0 saturated heterocycles. The summed E-state index contributed by atoms with van der Waals surface area (Å²) in [5.41, 5.74) is 6.69. The lowest BCUT2D eigenvalue weighted by Crippen LogP contribution is -2.39. The molecule has 0 bridgehead atoms. The summed E-state index contributed by atoms with van der Waals surface area (Å²) < 4.78 is 13.1. The molecule has 1 aromatic rings. The van der Waals surface area contributed by atoms with Crippen LogP contribution in [0.15, 0.2) is 23.1 Å². The molecule has 1 aromatic carbocycles. The standard InChI is InChI=1S/C12H17FN2S/c1-9-8-16-12-7-10(13)3-4-11(12)15(9)6-2-5-14/h3-4,7,9H,2,5-6,8,14H2,1H3. The first-order valence-electron chi connectivity index (χ1n) is 5.61. The summed E-state index contributed by atoms with van der Waals surface area (Å²) in [6.07, 6.45) is 0.978. The molecular formula is C12H17FN2S. The highest BCUT2D eigenvalue weighted by Crippen LogP contribution is 2.37. The van der Waals surface area contributed by atoms with Gasteiger partial charge in [-0.25, -0.2) is 4.39 Å². The first kappa shape index (κ1) is 11.7. The maximum atomic E-state index is 13.1. The van der Waals surface area contributed by atoms with Crippen molar-refractivity contribution >= 4 is 17.4 Å². The fourth-order valence-corrected chi connectivity index (χ4v) is 3.11. The van der Waals surface area contributed by atoms with Crippen LogP contribution in [0.5, 0.6) is 0 Å². The molecule has 2 N–H and O–H groups in total. The average Bonchev–Trinajstić information content (AvgIpc) is 2.28. The van der Waals surface area contributed by atoms with Crippen LogP contribution in [0.2, 0.25) is 0 Å². The van der Waals surface area contributed by atoms with E-state index in [9.17, 15) is 4.39 Å². The maximum Gasteiger partial charge on any atom is 0.124 e. The number of nitrogens with zero attached hydrogens (tertiary/aromatic N) is 1. The van der Waals surface area contributed by atoms with Crippen molar-refractivity contribution in [3.05, 3.63) is 24.0 Å². The second-order valence-electron chi connectivity index (χ2n) is 4.11. The highest BCUT2D eigenvalue weighted by Gasteiger charge is 2.23. The largest absolute Gasteiger partial charge is 0.367 e. The number of hydrogen-bond acceptors (Lipinski definition) is 3. The van der Waals surface area contributed by atoms with Gasteiger partial charge in [0.05, 0.1) is 5.69 Å². The minimum absolute atomic E-state index is 0.153. The van der Waals surface area contributed by atoms with E-state index in [1.165, 1.54) is 6.07 Å². The van der Waals surface area contributed by atoms with E-state index >= 15 is 0 Å². The van der Waals surface area contributed by atoms with E-state index in [0.29, 0.717) is 12.6 Å². The average molecular weight is 240 g/mol. The Morgan fingerprint density at radius 1 is 1.56 bits per heavy atom. The molecule has 1 unspecified atom stereocenters. The van der Waals surface area contributed by atoms with Crippen LogP contribution >= 0.6 is 11.8 Å². The quantitative estimate of drug-likeness (QED) is 0.880. The molecule has 16 heavy (non-hydrogen) atoms. The molecule has 1 aliphatic rings. The predicted octanol–water partition coefficient (Wildman–Crippen LogP) is 2.48. The van der Waals surface area contributed by atoms with Gasteiger partial charge in [0.2, 0.25) is 0 Å². The normalized spacial score (nSPS) is 19.7. The Kier molecular flexibility index (Phi) is 3.71. The summed E-state index contributed by atoms with van der Waals surface area (Å²) in [5.74, 6) is 0.862. The van der Waals surface area contributed by atoms with Crippen molar-refractivity contribution in [3.63, 3.8) is 0 Å². The van der Waals surface area contributed by atoms with Gasteiger partial charge in [0.25, 0.3) is 0 Å². The number of fused-ring (bicyclic) bond motifs is 1. The van der Waals surface area contributed by atoms with Crippen LogP contribution in [-0.4, -0.2) is 24.9 Å². The number of hydrogen-bond donors (Lipinski definition) is 1. The highest BCUT2D eigenvalue weighted by atomic mass is 32.2. The van der Waals surface area contributed by atoms with Crippen molar-refractivity contribution in [1.29, 1.82) is 0 Å². The Bertz CT molecular complexity index is 370. The number of rotatable bonds is 3. The third-order valence-electron chi connectivity index (χ3n) is 2.85. The number of benzene rings is 1. The first-order chi connectivity index (χ1) is 7.72. The number of halogens is 1. The number of anilines is 1. The van der Waals surface area contributed by atoms with Crippen LogP contribution in [0.1, 0.15) is 13.3 Å². The van der Waals surface area contributed by atoms with E-state index < -0.39 is 0 Å². The summed E-state index contributed by atoms with van der Waals surface area (Å²) >= 11 is 1.74. The lowest BCUT2D eigenvalue weighted by atomic mass is 10.2. The molecule has 2 rings (SSSR count). The van der Waals surface area contributed by atoms with Crippen molar-refractivity contribution in [3.8, 4) is 0 Å². The summed E-state index contributed by atoms with van der Waals surface area (Å²) in [6, 6.07) is 5.53. The SMILES string of the molecule is CC1CSc2cc(F)ccc2N1CCCN. The third kappa shape index (κ3) is 2.33. The monoisotopic (exact) mass is 240 g/mol. The summed E-state index contributed by atoms with van der Waals surface area (Å²) in [5, 5.41) is 0. The Labute approximate surface area is 100 Å². The molecule has 0 fully saturated rings. The Balaban J connectivity index is 2.25. The minimum atomic E-state index is -0.153. The van der Waals surface area contributed by atoms with Crippen LogP contribution in [-0.2, 0) is 0 Å². The molecule has 88 valence electrons. The van der Waals surface area contributed by atoms with Gasteiger partial charge in [-0.15, -0.1) is 11.8 Å². The fraction of sp³-hybridized carbons (Fsp3) is 0.500. The second-order valence-corrected chi connectivity index (χ2v) is 5.17. The maximum absolute atomic E-state index is 13.1. The smallest absolute Gasteiger partial charge is 0.124 e. The summed E-state index contributed by atoms with van der Waals surface area (Å²) in [4.78, 5) is 3.38. The van der Waals surface area contributed by atoms with E-state index in [-0.39, 0.29) is 5.82 Å². The van der Waals surface area contributed by atoms with Crippen molar-refractivity contribution < 1.29 is 4.39 Å². The lowest BCUT2D eigenvalue weighted by molar-refractivity contribution is 0.616. The molecule has 0 spiro atoms.